The van der Waals surface area contributed by atoms with Crippen molar-refractivity contribution in [3.05, 3.63) is 22.4 Å². The topological polar surface area (TPSA) is 42.4 Å². The second-order valence-electron chi connectivity index (χ2n) is 2.63. The van der Waals surface area contributed by atoms with Gasteiger partial charge in [0.1, 0.15) is 5.75 Å². The Balaban J connectivity index is 2.87. The normalized spacial score (nSPS) is 10.1. The fourth-order valence-corrected chi connectivity index (χ4v) is 1.63. The lowest BCUT2D eigenvalue weighted by Crippen LogP contribution is -1.96. The summed E-state index contributed by atoms with van der Waals surface area (Å²) < 4.78 is 6.08. The highest BCUT2D eigenvalue weighted by Gasteiger charge is 2.06. The summed E-state index contributed by atoms with van der Waals surface area (Å²) in [5.74, 6) is 0.767. The molecule has 72 valence electrons. The first-order valence-corrected chi connectivity index (χ1v) is 4.86. The molecule has 0 fully saturated rings. The summed E-state index contributed by atoms with van der Waals surface area (Å²) in [5.41, 5.74) is 1.06. The molecule has 1 N–H and O–H groups in total. The molecule has 0 saturated carbocycles. The summed E-state index contributed by atoms with van der Waals surface area (Å²) in [7, 11) is 1.62. The van der Waals surface area contributed by atoms with E-state index >= 15 is 0 Å². The van der Waals surface area contributed by atoms with E-state index < -0.39 is 0 Å². The predicted molar refractivity (Wildman–Crippen MR) is 53.9 cm³/mol. The number of rotatable bonds is 4. The van der Waals surface area contributed by atoms with Crippen LogP contribution in [0.3, 0.4) is 0 Å². The van der Waals surface area contributed by atoms with Crippen molar-refractivity contribution >= 4 is 15.9 Å². The molecule has 13 heavy (non-hydrogen) atoms. The Morgan fingerprint density at radius 3 is 2.92 bits per heavy atom. The summed E-state index contributed by atoms with van der Waals surface area (Å²) in [6.45, 7) is 0.192. The van der Waals surface area contributed by atoms with Crippen LogP contribution in [-0.4, -0.2) is 23.8 Å². The number of aliphatic hydroxyl groups excluding tert-OH is 1. The Morgan fingerprint density at radius 1 is 1.54 bits per heavy atom. The molecule has 0 aliphatic rings. The van der Waals surface area contributed by atoms with E-state index in [1.54, 1.807) is 19.5 Å². The van der Waals surface area contributed by atoms with Crippen LogP contribution in [0, 0.1) is 0 Å². The van der Waals surface area contributed by atoms with Crippen molar-refractivity contribution in [2.75, 3.05) is 13.7 Å². The second-order valence-corrected chi connectivity index (χ2v) is 3.48. The summed E-state index contributed by atoms with van der Waals surface area (Å²) in [4.78, 5) is 3.99. The van der Waals surface area contributed by atoms with Crippen molar-refractivity contribution in [2.45, 2.75) is 12.8 Å². The highest BCUT2D eigenvalue weighted by molar-refractivity contribution is 9.10. The quantitative estimate of drug-likeness (QED) is 0.880. The second kappa shape index (κ2) is 5.19. The minimum absolute atomic E-state index is 0.192. The predicted octanol–water partition coefficient (Wildman–Crippen LogP) is 1.78. The lowest BCUT2D eigenvalue weighted by atomic mass is 10.1. The number of pyridine rings is 1. The number of nitrogens with zero attached hydrogens (tertiary/aromatic N) is 1. The Labute approximate surface area is 85.9 Å². The lowest BCUT2D eigenvalue weighted by Gasteiger charge is -2.08. The molecule has 1 aromatic rings. The molecule has 0 radical (unpaired) electrons. The highest BCUT2D eigenvalue weighted by atomic mass is 79.9. The van der Waals surface area contributed by atoms with Crippen LogP contribution >= 0.6 is 15.9 Å². The highest BCUT2D eigenvalue weighted by Crippen LogP contribution is 2.26. The molecule has 0 aliphatic heterocycles. The van der Waals surface area contributed by atoms with Crippen molar-refractivity contribution < 1.29 is 9.84 Å². The number of methoxy groups -OCH3 is 1. The number of aromatic nitrogens is 1. The van der Waals surface area contributed by atoms with Crippen LogP contribution in [0.4, 0.5) is 0 Å². The van der Waals surface area contributed by atoms with Crippen molar-refractivity contribution in [3.63, 3.8) is 0 Å². The van der Waals surface area contributed by atoms with E-state index in [1.165, 1.54) is 0 Å². The zero-order valence-corrected chi connectivity index (χ0v) is 9.04. The summed E-state index contributed by atoms with van der Waals surface area (Å²) in [6.07, 6.45) is 4.94. The van der Waals surface area contributed by atoms with Crippen LogP contribution in [0.1, 0.15) is 12.0 Å². The molecule has 0 unspecified atom stereocenters. The molecule has 0 aromatic carbocycles. The van der Waals surface area contributed by atoms with Gasteiger partial charge >= 0.3 is 0 Å². The maximum absolute atomic E-state index is 8.71. The van der Waals surface area contributed by atoms with E-state index in [1.807, 2.05) is 0 Å². The molecule has 4 heteroatoms. The molecule has 0 amide bonds. The van der Waals surface area contributed by atoms with Crippen LogP contribution in [0.15, 0.2) is 16.9 Å². The summed E-state index contributed by atoms with van der Waals surface area (Å²) in [6, 6.07) is 0. The van der Waals surface area contributed by atoms with E-state index in [0.29, 0.717) is 0 Å². The van der Waals surface area contributed by atoms with E-state index in [-0.39, 0.29) is 6.61 Å². The molecule has 0 atom stereocenters. The van der Waals surface area contributed by atoms with Gasteiger partial charge < -0.3 is 9.84 Å². The first kappa shape index (κ1) is 10.5. The number of hydrogen-bond acceptors (Lipinski definition) is 3. The maximum atomic E-state index is 8.71. The van der Waals surface area contributed by atoms with Gasteiger partial charge in [0.15, 0.2) is 0 Å². The Bertz CT molecular complexity index is 278. The van der Waals surface area contributed by atoms with E-state index in [2.05, 4.69) is 20.9 Å². The fourth-order valence-electron chi connectivity index (χ4n) is 1.12. The first-order chi connectivity index (χ1) is 6.29. The van der Waals surface area contributed by atoms with Crippen LogP contribution in [0.2, 0.25) is 0 Å². The third kappa shape index (κ3) is 2.67. The molecular weight excluding hydrogens is 234 g/mol. The van der Waals surface area contributed by atoms with Crippen molar-refractivity contribution in [1.29, 1.82) is 0 Å². The van der Waals surface area contributed by atoms with Gasteiger partial charge in [-0.05, 0) is 28.8 Å². The van der Waals surface area contributed by atoms with E-state index in [0.717, 1.165) is 28.6 Å². The number of hydrogen-bond donors (Lipinski definition) is 1. The van der Waals surface area contributed by atoms with Gasteiger partial charge in [0.25, 0.3) is 0 Å². The summed E-state index contributed by atoms with van der Waals surface area (Å²) >= 11 is 3.39. The monoisotopic (exact) mass is 245 g/mol. The van der Waals surface area contributed by atoms with Gasteiger partial charge in [0, 0.05) is 22.8 Å². The molecule has 0 bridgehead atoms. The molecule has 0 spiro atoms. The smallest absolute Gasteiger partial charge is 0.141 e. The van der Waals surface area contributed by atoms with Crippen LogP contribution in [0.5, 0.6) is 5.75 Å². The zero-order valence-electron chi connectivity index (χ0n) is 7.46. The molecule has 0 saturated heterocycles. The molecular formula is C9H12BrNO2. The zero-order chi connectivity index (χ0) is 9.68. The SMILES string of the molecule is COc1cncc(Br)c1CCCO. The molecule has 1 rings (SSSR count). The van der Waals surface area contributed by atoms with Crippen LogP contribution in [0.25, 0.3) is 0 Å². The largest absolute Gasteiger partial charge is 0.495 e. The van der Waals surface area contributed by atoms with Gasteiger partial charge in [-0.25, -0.2) is 0 Å². The fraction of sp³-hybridized carbons (Fsp3) is 0.444. The van der Waals surface area contributed by atoms with Crippen molar-refractivity contribution in [3.8, 4) is 5.75 Å². The third-order valence-corrected chi connectivity index (χ3v) is 2.45. The maximum Gasteiger partial charge on any atom is 0.141 e. The van der Waals surface area contributed by atoms with Gasteiger partial charge in [-0.3, -0.25) is 4.98 Å². The van der Waals surface area contributed by atoms with Gasteiger partial charge in [0.05, 0.1) is 13.3 Å². The standard InChI is InChI=1S/C9H12BrNO2/c1-13-9-6-11-5-8(10)7(9)3-2-4-12/h5-6,12H,2-4H2,1H3. The molecule has 1 aromatic heterocycles. The van der Waals surface area contributed by atoms with Crippen LogP contribution < -0.4 is 4.74 Å². The first-order valence-electron chi connectivity index (χ1n) is 4.06. The number of aliphatic hydroxyl groups is 1. The minimum Gasteiger partial charge on any atom is -0.495 e. The molecule has 0 aliphatic carbocycles. The lowest BCUT2D eigenvalue weighted by molar-refractivity contribution is 0.287. The van der Waals surface area contributed by atoms with Gasteiger partial charge in [0.2, 0.25) is 0 Å². The number of ether oxygens (including phenoxy) is 1. The Morgan fingerprint density at radius 2 is 2.31 bits per heavy atom. The van der Waals surface area contributed by atoms with E-state index in [4.69, 9.17) is 9.84 Å². The Kier molecular flexibility index (Phi) is 4.18. The molecule has 3 nitrogen and oxygen atoms in total. The number of halogens is 1. The Hall–Kier alpha value is -0.610. The average molecular weight is 246 g/mol. The van der Waals surface area contributed by atoms with Crippen LogP contribution in [-0.2, 0) is 6.42 Å². The van der Waals surface area contributed by atoms with Crippen molar-refractivity contribution in [1.82, 2.24) is 4.98 Å². The van der Waals surface area contributed by atoms with Crippen molar-refractivity contribution in [2.24, 2.45) is 0 Å². The van der Waals surface area contributed by atoms with Gasteiger partial charge in [-0.2, -0.15) is 0 Å². The summed E-state index contributed by atoms with van der Waals surface area (Å²) in [5, 5.41) is 8.71. The van der Waals surface area contributed by atoms with Gasteiger partial charge in [-0.15, -0.1) is 0 Å². The van der Waals surface area contributed by atoms with E-state index in [9.17, 15) is 0 Å². The average Bonchev–Trinajstić information content (AvgIpc) is 2.15. The van der Waals surface area contributed by atoms with Gasteiger partial charge in [-0.1, -0.05) is 0 Å². The third-order valence-electron chi connectivity index (χ3n) is 1.77. The minimum atomic E-state index is 0.192. The molecule has 1 heterocycles.